The predicted octanol–water partition coefficient (Wildman–Crippen LogP) is 2.95. The van der Waals surface area contributed by atoms with Crippen LogP contribution < -0.4 is 5.32 Å². The third kappa shape index (κ3) is 3.94. The van der Waals surface area contributed by atoms with Crippen LogP contribution in [0.5, 0.6) is 0 Å². The number of amides is 1. The molecule has 2 heterocycles. The molecule has 2 aromatic heterocycles. The zero-order valence-corrected chi connectivity index (χ0v) is 14.0. The molecule has 0 fully saturated rings. The first-order valence-corrected chi connectivity index (χ1v) is 8.21. The van der Waals surface area contributed by atoms with Gasteiger partial charge in [-0.15, -0.1) is 0 Å². The molecule has 0 spiro atoms. The van der Waals surface area contributed by atoms with Crippen LogP contribution in [0.4, 0.5) is 0 Å². The molecule has 0 aliphatic heterocycles. The van der Waals surface area contributed by atoms with E-state index in [1.54, 1.807) is 11.3 Å². The van der Waals surface area contributed by atoms with Gasteiger partial charge >= 0.3 is 0 Å². The van der Waals surface area contributed by atoms with Crippen LogP contribution in [0, 0.1) is 13.8 Å². The average Bonchev–Trinajstić information content (AvgIpc) is 3.05. The van der Waals surface area contributed by atoms with Crippen molar-refractivity contribution >= 4 is 17.2 Å². The largest absolute Gasteiger partial charge is 0.355 e. The van der Waals surface area contributed by atoms with Crippen LogP contribution in [-0.2, 0) is 18.3 Å². The van der Waals surface area contributed by atoms with Gasteiger partial charge in [-0.3, -0.25) is 9.48 Å². The smallest absolute Gasteiger partial charge is 0.220 e. The molecule has 0 bridgehead atoms. The summed E-state index contributed by atoms with van der Waals surface area (Å²) in [4.78, 5) is 12.0. The molecule has 1 N–H and O–H groups in total. The molecule has 2 rings (SSSR count). The normalized spacial score (nSPS) is 12.4. The number of hydrogen-bond acceptors (Lipinski definition) is 3. The fraction of sp³-hybridized carbons (Fsp3) is 0.500. The number of thiophene rings is 1. The average molecular weight is 305 g/mol. The number of rotatable bonds is 6. The van der Waals surface area contributed by atoms with Crippen molar-refractivity contribution in [2.24, 2.45) is 7.05 Å². The summed E-state index contributed by atoms with van der Waals surface area (Å²) in [5, 5.41) is 11.6. The number of aromatic nitrogens is 2. The Bertz CT molecular complexity index is 601. The Balaban J connectivity index is 1.80. The van der Waals surface area contributed by atoms with Gasteiger partial charge in [0.15, 0.2) is 0 Å². The second-order valence-electron chi connectivity index (χ2n) is 5.53. The van der Waals surface area contributed by atoms with E-state index >= 15 is 0 Å². The van der Waals surface area contributed by atoms with Crippen molar-refractivity contribution in [3.63, 3.8) is 0 Å². The number of nitrogens with zero attached hydrogens (tertiary/aromatic N) is 2. The summed E-state index contributed by atoms with van der Waals surface area (Å²) in [5.41, 5.74) is 4.65. The van der Waals surface area contributed by atoms with E-state index in [4.69, 9.17) is 0 Å². The number of aryl methyl sites for hydroxylation is 2. The van der Waals surface area contributed by atoms with Crippen molar-refractivity contribution < 1.29 is 4.79 Å². The summed E-state index contributed by atoms with van der Waals surface area (Å²) < 4.78 is 1.88. The van der Waals surface area contributed by atoms with Crippen LogP contribution in [0.25, 0.3) is 0 Å². The second-order valence-corrected chi connectivity index (χ2v) is 6.31. The maximum Gasteiger partial charge on any atom is 0.220 e. The molecule has 1 amide bonds. The highest BCUT2D eigenvalue weighted by Gasteiger charge is 2.12. The van der Waals surface area contributed by atoms with Crippen LogP contribution in [0.1, 0.15) is 41.8 Å². The van der Waals surface area contributed by atoms with E-state index in [1.807, 2.05) is 25.6 Å². The van der Waals surface area contributed by atoms with E-state index in [0.29, 0.717) is 18.9 Å². The summed E-state index contributed by atoms with van der Waals surface area (Å²) in [7, 11) is 1.94. The summed E-state index contributed by atoms with van der Waals surface area (Å²) in [6.45, 7) is 6.88. The van der Waals surface area contributed by atoms with E-state index in [9.17, 15) is 4.79 Å². The van der Waals surface area contributed by atoms with Crippen molar-refractivity contribution in [3.8, 4) is 0 Å². The predicted molar refractivity (Wildman–Crippen MR) is 86.7 cm³/mol. The maximum atomic E-state index is 12.0. The SMILES string of the molecule is Cc1nn(C)c(C)c1CCC(=O)NC[C@@H](C)c1ccsc1. The minimum Gasteiger partial charge on any atom is -0.355 e. The van der Waals surface area contributed by atoms with Gasteiger partial charge in [-0.1, -0.05) is 6.92 Å². The number of nitrogens with one attached hydrogen (secondary N) is 1. The molecule has 114 valence electrons. The van der Waals surface area contributed by atoms with Crippen LogP contribution in [0.15, 0.2) is 16.8 Å². The van der Waals surface area contributed by atoms with Crippen LogP contribution in [0.2, 0.25) is 0 Å². The number of carbonyl (C=O) groups is 1. The lowest BCUT2D eigenvalue weighted by Gasteiger charge is -2.11. The summed E-state index contributed by atoms with van der Waals surface area (Å²) in [6.07, 6.45) is 1.27. The van der Waals surface area contributed by atoms with E-state index in [1.165, 1.54) is 11.1 Å². The zero-order chi connectivity index (χ0) is 15.4. The molecule has 0 radical (unpaired) electrons. The van der Waals surface area contributed by atoms with Crippen molar-refractivity contribution in [3.05, 3.63) is 39.3 Å². The van der Waals surface area contributed by atoms with Gasteiger partial charge in [0.2, 0.25) is 5.91 Å². The molecule has 0 saturated carbocycles. The quantitative estimate of drug-likeness (QED) is 0.892. The van der Waals surface area contributed by atoms with Gasteiger partial charge in [-0.2, -0.15) is 16.4 Å². The Morgan fingerprint density at radius 3 is 2.81 bits per heavy atom. The Morgan fingerprint density at radius 1 is 1.48 bits per heavy atom. The van der Waals surface area contributed by atoms with Gasteiger partial charge in [0.05, 0.1) is 5.69 Å². The molecule has 5 heteroatoms. The first kappa shape index (κ1) is 15.8. The Morgan fingerprint density at radius 2 is 2.24 bits per heavy atom. The fourth-order valence-corrected chi connectivity index (χ4v) is 3.23. The lowest BCUT2D eigenvalue weighted by Crippen LogP contribution is -2.27. The second kappa shape index (κ2) is 6.89. The van der Waals surface area contributed by atoms with E-state index < -0.39 is 0 Å². The molecule has 1 atom stereocenters. The van der Waals surface area contributed by atoms with Gasteiger partial charge < -0.3 is 5.32 Å². The Hall–Kier alpha value is -1.62. The summed E-state index contributed by atoms with van der Waals surface area (Å²) >= 11 is 1.69. The minimum absolute atomic E-state index is 0.111. The van der Waals surface area contributed by atoms with Crippen LogP contribution in [-0.4, -0.2) is 22.2 Å². The first-order valence-electron chi connectivity index (χ1n) is 7.27. The zero-order valence-electron chi connectivity index (χ0n) is 13.1. The molecule has 0 aromatic carbocycles. The molecule has 0 aliphatic carbocycles. The van der Waals surface area contributed by atoms with Crippen LogP contribution >= 0.6 is 11.3 Å². The monoisotopic (exact) mass is 305 g/mol. The van der Waals surface area contributed by atoms with Crippen molar-refractivity contribution in [2.45, 2.75) is 39.5 Å². The summed E-state index contributed by atoms with van der Waals surface area (Å²) in [5.74, 6) is 0.474. The molecule has 2 aromatic rings. The summed E-state index contributed by atoms with van der Waals surface area (Å²) in [6, 6.07) is 2.11. The molecule has 21 heavy (non-hydrogen) atoms. The van der Waals surface area contributed by atoms with Crippen molar-refractivity contribution in [2.75, 3.05) is 6.54 Å². The molecular formula is C16H23N3OS. The fourth-order valence-electron chi connectivity index (χ4n) is 2.45. The molecular weight excluding hydrogens is 282 g/mol. The Kier molecular flexibility index (Phi) is 5.17. The van der Waals surface area contributed by atoms with Crippen LogP contribution in [0.3, 0.4) is 0 Å². The van der Waals surface area contributed by atoms with E-state index in [2.05, 4.69) is 34.2 Å². The van der Waals surface area contributed by atoms with E-state index in [0.717, 1.165) is 17.8 Å². The first-order chi connectivity index (χ1) is 9.99. The maximum absolute atomic E-state index is 12.0. The highest BCUT2D eigenvalue weighted by molar-refractivity contribution is 7.07. The standard InChI is InChI=1S/C16H23N3OS/c1-11(14-7-8-21-10-14)9-17-16(20)6-5-15-12(2)18-19(4)13(15)3/h7-8,10-11H,5-6,9H2,1-4H3,(H,17,20)/t11-/m1/s1. The third-order valence-corrected chi connectivity index (χ3v) is 4.68. The molecule has 0 unspecified atom stereocenters. The topological polar surface area (TPSA) is 46.9 Å². The van der Waals surface area contributed by atoms with E-state index in [-0.39, 0.29) is 5.91 Å². The number of carbonyl (C=O) groups excluding carboxylic acids is 1. The molecule has 0 saturated heterocycles. The van der Waals surface area contributed by atoms with Gasteiger partial charge in [0.25, 0.3) is 0 Å². The Labute approximate surface area is 130 Å². The third-order valence-electron chi connectivity index (χ3n) is 3.98. The lowest BCUT2D eigenvalue weighted by atomic mass is 10.0. The van der Waals surface area contributed by atoms with Gasteiger partial charge in [-0.25, -0.2) is 0 Å². The minimum atomic E-state index is 0.111. The number of hydrogen-bond donors (Lipinski definition) is 1. The molecule has 4 nitrogen and oxygen atoms in total. The van der Waals surface area contributed by atoms with Crippen molar-refractivity contribution in [1.82, 2.24) is 15.1 Å². The van der Waals surface area contributed by atoms with Crippen molar-refractivity contribution in [1.29, 1.82) is 0 Å². The highest BCUT2D eigenvalue weighted by Crippen LogP contribution is 2.17. The van der Waals surface area contributed by atoms with Gasteiger partial charge in [0, 0.05) is 25.7 Å². The van der Waals surface area contributed by atoms with Gasteiger partial charge in [-0.05, 0) is 54.1 Å². The highest BCUT2D eigenvalue weighted by atomic mass is 32.1. The lowest BCUT2D eigenvalue weighted by molar-refractivity contribution is -0.121. The molecule has 0 aliphatic rings. The van der Waals surface area contributed by atoms with Gasteiger partial charge in [0.1, 0.15) is 0 Å².